The molecule has 0 aliphatic rings. The number of esters is 1. The Labute approximate surface area is 79.3 Å². The zero-order chi connectivity index (χ0) is 10.0. The van der Waals surface area contributed by atoms with Gasteiger partial charge < -0.3 is 14.9 Å². The van der Waals surface area contributed by atoms with Crippen molar-refractivity contribution in [2.45, 2.75) is 0 Å². The summed E-state index contributed by atoms with van der Waals surface area (Å²) in [5, 5.41) is 18.0. The molecule has 0 aliphatic heterocycles. The fraction of sp³-hybridized carbons (Fsp3) is 0.125. The normalized spacial score (nSPS) is 9.69. The molecule has 0 heterocycles. The number of carbonyl (C=O) groups is 1. The van der Waals surface area contributed by atoms with Crippen LogP contribution in [0.4, 0.5) is 0 Å². The highest BCUT2D eigenvalue weighted by Crippen LogP contribution is 2.31. The first kappa shape index (κ1) is 9.67. The van der Waals surface area contributed by atoms with Crippen LogP contribution in [0.5, 0.6) is 11.5 Å². The molecule has 1 rings (SSSR count). The van der Waals surface area contributed by atoms with E-state index in [1.54, 1.807) is 0 Å². The van der Waals surface area contributed by atoms with Gasteiger partial charge in [0.2, 0.25) is 0 Å². The second kappa shape index (κ2) is 3.53. The summed E-state index contributed by atoms with van der Waals surface area (Å²) in [5.74, 6) is -1.32. The standard InChI is InChI=1S/C8H7ClO4/c1-13-8(12)5-2-4(10)3-6(11)7(5)9/h2-3,10-11H,1H3. The van der Waals surface area contributed by atoms with Crippen molar-refractivity contribution in [2.24, 2.45) is 0 Å². The molecular weight excluding hydrogens is 196 g/mol. The predicted molar refractivity (Wildman–Crippen MR) is 46.1 cm³/mol. The van der Waals surface area contributed by atoms with Crippen LogP contribution < -0.4 is 0 Å². The smallest absolute Gasteiger partial charge is 0.339 e. The molecule has 0 aromatic heterocycles. The molecule has 0 saturated carbocycles. The van der Waals surface area contributed by atoms with Crippen LogP contribution >= 0.6 is 11.6 Å². The first-order chi connectivity index (χ1) is 6.06. The number of aromatic hydroxyl groups is 2. The second-order valence-corrected chi connectivity index (χ2v) is 2.70. The summed E-state index contributed by atoms with van der Waals surface area (Å²) < 4.78 is 4.38. The number of phenols is 2. The fourth-order valence-corrected chi connectivity index (χ4v) is 1.04. The zero-order valence-electron chi connectivity index (χ0n) is 6.74. The third-order valence-corrected chi connectivity index (χ3v) is 1.84. The van der Waals surface area contributed by atoms with Crippen LogP contribution in [0.1, 0.15) is 10.4 Å². The maximum Gasteiger partial charge on any atom is 0.339 e. The van der Waals surface area contributed by atoms with Crippen LogP contribution in [0.3, 0.4) is 0 Å². The van der Waals surface area contributed by atoms with Crippen LogP contribution in [0, 0.1) is 0 Å². The highest BCUT2D eigenvalue weighted by molar-refractivity contribution is 6.35. The molecule has 0 amide bonds. The maximum atomic E-state index is 11.0. The molecule has 0 unspecified atom stereocenters. The largest absolute Gasteiger partial charge is 0.508 e. The SMILES string of the molecule is COC(=O)c1cc(O)cc(O)c1Cl. The third kappa shape index (κ3) is 1.84. The van der Waals surface area contributed by atoms with Gasteiger partial charge >= 0.3 is 5.97 Å². The monoisotopic (exact) mass is 202 g/mol. The van der Waals surface area contributed by atoms with Crippen molar-refractivity contribution < 1.29 is 19.7 Å². The van der Waals surface area contributed by atoms with E-state index >= 15 is 0 Å². The Morgan fingerprint density at radius 3 is 2.62 bits per heavy atom. The first-order valence-corrected chi connectivity index (χ1v) is 3.74. The van der Waals surface area contributed by atoms with Gasteiger partial charge in [0.05, 0.1) is 17.7 Å². The molecule has 0 aliphatic carbocycles. The number of halogens is 1. The summed E-state index contributed by atoms with van der Waals surface area (Å²) in [5.41, 5.74) is -0.0679. The van der Waals surface area contributed by atoms with Crippen molar-refractivity contribution in [3.8, 4) is 11.5 Å². The molecule has 0 saturated heterocycles. The van der Waals surface area contributed by atoms with Crippen LogP contribution in [0.25, 0.3) is 0 Å². The van der Waals surface area contributed by atoms with E-state index in [0.29, 0.717) is 0 Å². The van der Waals surface area contributed by atoms with Gasteiger partial charge in [-0.25, -0.2) is 4.79 Å². The number of hydrogen-bond donors (Lipinski definition) is 2. The summed E-state index contributed by atoms with van der Waals surface area (Å²) in [6.45, 7) is 0. The highest BCUT2D eigenvalue weighted by atomic mass is 35.5. The van der Waals surface area contributed by atoms with Crippen molar-refractivity contribution in [3.05, 3.63) is 22.7 Å². The van der Waals surface area contributed by atoms with Gasteiger partial charge in [-0.15, -0.1) is 0 Å². The first-order valence-electron chi connectivity index (χ1n) is 3.36. The Bertz CT molecular complexity index is 348. The van der Waals surface area contributed by atoms with Crippen molar-refractivity contribution in [3.63, 3.8) is 0 Å². The van der Waals surface area contributed by atoms with Crippen molar-refractivity contribution in [1.82, 2.24) is 0 Å². The van der Waals surface area contributed by atoms with Crippen LogP contribution in [0.15, 0.2) is 12.1 Å². The maximum absolute atomic E-state index is 11.0. The average Bonchev–Trinajstić information content (AvgIpc) is 2.10. The Hall–Kier alpha value is -1.42. The van der Waals surface area contributed by atoms with Crippen LogP contribution in [-0.4, -0.2) is 23.3 Å². The van der Waals surface area contributed by atoms with Gasteiger partial charge in [0.25, 0.3) is 0 Å². The van der Waals surface area contributed by atoms with Crippen molar-refractivity contribution in [2.75, 3.05) is 7.11 Å². The molecule has 0 radical (unpaired) electrons. The quantitative estimate of drug-likeness (QED) is 0.678. The molecular formula is C8H7ClO4. The molecule has 0 bridgehead atoms. The minimum Gasteiger partial charge on any atom is -0.508 e. The molecule has 0 atom stereocenters. The van der Waals surface area contributed by atoms with Gasteiger partial charge in [-0.05, 0) is 6.07 Å². The lowest BCUT2D eigenvalue weighted by Gasteiger charge is -2.04. The van der Waals surface area contributed by atoms with Gasteiger partial charge in [-0.1, -0.05) is 11.6 Å². The zero-order valence-corrected chi connectivity index (χ0v) is 7.50. The molecule has 1 aromatic carbocycles. The summed E-state index contributed by atoms with van der Waals surface area (Å²) in [7, 11) is 1.18. The minimum atomic E-state index is -0.712. The van der Waals surface area contributed by atoms with E-state index < -0.39 is 5.97 Å². The molecule has 1 aromatic rings. The van der Waals surface area contributed by atoms with E-state index in [4.69, 9.17) is 21.8 Å². The number of carbonyl (C=O) groups excluding carboxylic acids is 1. The minimum absolute atomic E-state index is 0.0679. The number of phenolic OH excluding ortho intramolecular Hbond substituents is 2. The van der Waals surface area contributed by atoms with E-state index in [1.807, 2.05) is 0 Å². The number of methoxy groups -OCH3 is 1. The van der Waals surface area contributed by atoms with E-state index in [1.165, 1.54) is 7.11 Å². The lowest BCUT2D eigenvalue weighted by molar-refractivity contribution is 0.0600. The average molecular weight is 203 g/mol. The number of hydrogen-bond acceptors (Lipinski definition) is 4. The summed E-state index contributed by atoms with van der Waals surface area (Å²) in [6.07, 6.45) is 0. The number of ether oxygens (including phenoxy) is 1. The van der Waals surface area contributed by atoms with Crippen LogP contribution in [-0.2, 0) is 4.74 Å². The Morgan fingerprint density at radius 1 is 1.46 bits per heavy atom. The molecule has 70 valence electrons. The molecule has 0 fully saturated rings. The van der Waals surface area contributed by atoms with E-state index in [0.717, 1.165) is 12.1 Å². The topological polar surface area (TPSA) is 66.8 Å². The van der Waals surface area contributed by atoms with Gasteiger partial charge in [0.15, 0.2) is 0 Å². The lowest BCUT2D eigenvalue weighted by atomic mass is 10.2. The van der Waals surface area contributed by atoms with E-state index in [9.17, 15) is 4.79 Å². The molecule has 5 heteroatoms. The molecule has 0 spiro atoms. The third-order valence-electron chi connectivity index (χ3n) is 1.44. The van der Waals surface area contributed by atoms with Crippen molar-refractivity contribution >= 4 is 17.6 Å². The fourth-order valence-electron chi connectivity index (χ4n) is 0.853. The second-order valence-electron chi connectivity index (χ2n) is 2.32. The van der Waals surface area contributed by atoms with Gasteiger partial charge in [-0.3, -0.25) is 0 Å². The van der Waals surface area contributed by atoms with Gasteiger partial charge in [0, 0.05) is 6.07 Å². The van der Waals surface area contributed by atoms with Gasteiger partial charge in [0.1, 0.15) is 11.5 Å². The number of benzene rings is 1. The van der Waals surface area contributed by atoms with Gasteiger partial charge in [-0.2, -0.15) is 0 Å². The molecule has 2 N–H and O–H groups in total. The summed E-state index contributed by atoms with van der Waals surface area (Å²) in [6, 6.07) is 2.16. The van der Waals surface area contributed by atoms with Crippen LogP contribution in [0.2, 0.25) is 5.02 Å². The lowest BCUT2D eigenvalue weighted by Crippen LogP contribution is -2.01. The molecule has 13 heavy (non-hydrogen) atoms. The van der Waals surface area contributed by atoms with E-state index in [-0.39, 0.29) is 22.1 Å². The molecule has 4 nitrogen and oxygen atoms in total. The summed E-state index contributed by atoms with van der Waals surface area (Å²) in [4.78, 5) is 11.0. The Kier molecular flexibility index (Phi) is 2.63. The Balaban J connectivity index is 3.28. The van der Waals surface area contributed by atoms with E-state index in [2.05, 4.69) is 4.74 Å². The highest BCUT2D eigenvalue weighted by Gasteiger charge is 2.15. The number of rotatable bonds is 1. The van der Waals surface area contributed by atoms with Crippen molar-refractivity contribution in [1.29, 1.82) is 0 Å². The predicted octanol–water partition coefficient (Wildman–Crippen LogP) is 1.54. The Morgan fingerprint density at radius 2 is 2.08 bits per heavy atom. The summed E-state index contributed by atoms with van der Waals surface area (Å²) >= 11 is 5.58.